The van der Waals surface area contributed by atoms with Gasteiger partial charge in [0.15, 0.2) is 0 Å². The number of sulfonamides is 1. The van der Waals surface area contributed by atoms with Gasteiger partial charge in [-0.1, -0.05) is 26.0 Å². The Kier molecular flexibility index (Phi) is 4.88. The average molecular weight is 362 g/mol. The van der Waals surface area contributed by atoms with E-state index in [-0.39, 0.29) is 0 Å². The number of benzene rings is 1. The van der Waals surface area contributed by atoms with Gasteiger partial charge < -0.3 is 4.90 Å². The van der Waals surface area contributed by atoms with Gasteiger partial charge in [0, 0.05) is 31.9 Å². The summed E-state index contributed by atoms with van der Waals surface area (Å²) in [6, 6.07) is 8.57. The zero-order valence-electron chi connectivity index (χ0n) is 15.3. The second-order valence-corrected chi connectivity index (χ2v) is 8.78. The molecule has 7 heteroatoms. The van der Waals surface area contributed by atoms with Gasteiger partial charge in [0.1, 0.15) is 4.90 Å². The molecule has 0 atom stereocenters. The van der Waals surface area contributed by atoms with E-state index in [2.05, 4.69) is 53.2 Å². The quantitative estimate of drug-likeness (QED) is 0.908. The zero-order valence-corrected chi connectivity index (χ0v) is 16.1. The van der Waals surface area contributed by atoms with Crippen LogP contribution in [-0.4, -0.2) is 49.1 Å². The Balaban J connectivity index is 1.71. The lowest BCUT2D eigenvalue weighted by molar-refractivity contribution is 0.384. The summed E-state index contributed by atoms with van der Waals surface area (Å²) < 4.78 is 27.4. The van der Waals surface area contributed by atoms with Gasteiger partial charge in [0.2, 0.25) is 10.0 Å². The molecule has 1 fully saturated rings. The van der Waals surface area contributed by atoms with E-state index >= 15 is 0 Å². The molecule has 0 saturated carbocycles. The highest BCUT2D eigenvalue weighted by Crippen LogP contribution is 2.25. The summed E-state index contributed by atoms with van der Waals surface area (Å²) in [5.41, 5.74) is 3.60. The van der Waals surface area contributed by atoms with Crippen molar-refractivity contribution in [1.29, 1.82) is 0 Å². The number of aromatic nitrogens is 2. The number of anilines is 1. The van der Waals surface area contributed by atoms with Crippen LogP contribution in [0.25, 0.3) is 0 Å². The van der Waals surface area contributed by atoms with Gasteiger partial charge in [-0.15, -0.1) is 0 Å². The Morgan fingerprint density at radius 2 is 1.64 bits per heavy atom. The number of hydrogen-bond donors (Lipinski definition) is 1. The third-order valence-electron chi connectivity index (χ3n) is 4.82. The summed E-state index contributed by atoms with van der Waals surface area (Å²) >= 11 is 0. The third-order valence-corrected chi connectivity index (χ3v) is 6.98. The van der Waals surface area contributed by atoms with Gasteiger partial charge in [-0.3, -0.25) is 5.10 Å². The average Bonchev–Trinajstić information content (AvgIpc) is 2.94. The van der Waals surface area contributed by atoms with Gasteiger partial charge in [-0.25, -0.2) is 8.42 Å². The van der Waals surface area contributed by atoms with Gasteiger partial charge >= 0.3 is 0 Å². The molecule has 0 bridgehead atoms. The second kappa shape index (κ2) is 6.80. The van der Waals surface area contributed by atoms with Crippen molar-refractivity contribution in [1.82, 2.24) is 14.5 Å². The summed E-state index contributed by atoms with van der Waals surface area (Å²) in [5, 5.41) is 6.79. The molecular formula is C18H26N4O2S. The maximum atomic E-state index is 12.9. The first-order chi connectivity index (χ1) is 11.8. The lowest BCUT2D eigenvalue weighted by Crippen LogP contribution is -2.48. The topological polar surface area (TPSA) is 69.3 Å². The Hall–Kier alpha value is -1.86. The number of H-pyrrole nitrogens is 1. The molecule has 2 heterocycles. The number of rotatable bonds is 4. The molecule has 6 nitrogen and oxygen atoms in total. The van der Waals surface area contributed by atoms with E-state index in [0.29, 0.717) is 48.4 Å². The summed E-state index contributed by atoms with van der Waals surface area (Å²) in [7, 11) is -3.49. The fourth-order valence-electron chi connectivity index (χ4n) is 3.31. The summed E-state index contributed by atoms with van der Waals surface area (Å²) in [6.45, 7) is 10.2. The minimum absolute atomic E-state index is 0.322. The molecule has 3 rings (SSSR count). The summed E-state index contributed by atoms with van der Waals surface area (Å²) in [4.78, 5) is 2.56. The van der Waals surface area contributed by atoms with Crippen LogP contribution in [0.4, 0.5) is 5.69 Å². The molecule has 0 unspecified atom stereocenters. The smallest absolute Gasteiger partial charge is 0.246 e. The maximum absolute atomic E-state index is 12.9. The van der Waals surface area contributed by atoms with Crippen LogP contribution in [-0.2, 0) is 10.0 Å². The van der Waals surface area contributed by atoms with Crippen molar-refractivity contribution in [2.24, 2.45) is 0 Å². The van der Waals surface area contributed by atoms with Crippen LogP contribution in [0.2, 0.25) is 0 Å². The maximum Gasteiger partial charge on any atom is 0.246 e. The monoisotopic (exact) mass is 362 g/mol. The molecule has 1 aromatic heterocycles. The van der Waals surface area contributed by atoms with Crippen LogP contribution in [0.5, 0.6) is 0 Å². The molecule has 1 N–H and O–H groups in total. The molecule has 2 aromatic rings. The van der Waals surface area contributed by atoms with Crippen molar-refractivity contribution >= 4 is 15.7 Å². The molecule has 25 heavy (non-hydrogen) atoms. The summed E-state index contributed by atoms with van der Waals surface area (Å²) in [5.74, 6) is 0.512. The molecule has 136 valence electrons. The van der Waals surface area contributed by atoms with Crippen LogP contribution >= 0.6 is 0 Å². The predicted octanol–water partition coefficient (Wildman–Crippen LogP) is 2.66. The van der Waals surface area contributed by atoms with Gasteiger partial charge in [0.05, 0.1) is 11.4 Å². The first-order valence-corrected chi connectivity index (χ1v) is 10.1. The molecule has 0 aliphatic carbocycles. The minimum Gasteiger partial charge on any atom is -0.369 e. The first-order valence-electron chi connectivity index (χ1n) is 8.67. The fraction of sp³-hybridized carbons (Fsp3) is 0.500. The lowest BCUT2D eigenvalue weighted by atomic mass is 10.0. The van der Waals surface area contributed by atoms with Crippen molar-refractivity contribution in [3.05, 3.63) is 41.2 Å². The van der Waals surface area contributed by atoms with Crippen LogP contribution in [0, 0.1) is 13.8 Å². The van der Waals surface area contributed by atoms with Gasteiger partial charge in [0.25, 0.3) is 0 Å². The highest BCUT2D eigenvalue weighted by atomic mass is 32.2. The van der Waals surface area contributed by atoms with Crippen LogP contribution < -0.4 is 4.90 Å². The number of aryl methyl sites for hydroxylation is 2. The van der Waals surface area contributed by atoms with Crippen LogP contribution in [0.3, 0.4) is 0 Å². The standard InChI is InChI=1S/C18H26N4O2S/c1-13(2)16-5-7-17(8-6-16)21-9-11-22(12-10-21)25(23,24)18-14(3)19-20-15(18)4/h5-8,13H,9-12H2,1-4H3,(H,19,20). The van der Waals surface area contributed by atoms with Crippen molar-refractivity contribution < 1.29 is 8.42 Å². The highest BCUT2D eigenvalue weighted by Gasteiger charge is 2.32. The molecule has 0 radical (unpaired) electrons. The molecule has 1 aliphatic heterocycles. The molecular weight excluding hydrogens is 336 g/mol. The SMILES string of the molecule is Cc1n[nH]c(C)c1S(=O)(=O)N1CCN(c2ccc(C(C)C)cc2)CC1. The Morgan fingerprint density at radius 3 is 2.12 bits per heavy atom. The zero-order chi connectivity index (χ0) is 18.2. The van der Waals surface area contributed by atoms with Crippen molar-refractivity contribution in [3.63, 3.8) is 0 Å². The van der Waals surface area contributed by atoms with E-state index in [9.17, 15) is 8.42 Å². The number of piperazine rings is 1. The fourth-order valence-corrected chi connectivity index (χ4v) is 5.06. The molecule has 0 amide bonds. The Morgan fingerprint density at radius 1 is 1.04 bits per heavy atom. The van der Waals surface area contributed by atoms with Crippen LogP contribution in [0.1, 0.15) is 36.7 Å². The number of nitrogens with zero attached hydrogens (tertiary/aromatic N) is 3. The van der Waals surface area contributed by atoms with Crippen molar-refractivity contribution in [3.8, 4) is 0 Å². The minimum atomic E-state index is -3.49. The van der Waals surface area contributed by atoms with E-state index in [4.69, 9.17) is 0 Å². The molecule has 1 aromatic carbocycles. The van der Waals surface area contributed by atoms with Crippen LogP contribution in [0.15, 0.2) is 29.2 Å². The molecule has 1 saturated heterocycles. The van der Waals surface area contributed by atoms with E-state index in [1.807, 2.05) is 0 Å². The molecule has 0 spiro atoms. The predicted molar refractivity (Wildman–Crippen MR) is 99.6 cm³/mol. The largest absolute Gasteiger partial charge is 0.369 e. The Labute approximate surface area is 149 Å². The van der Waals surface area contributed by atoms with Crippen molar-refractivity contribution in [2.45, 2.75) is 38.5 Å². The third kappa shape index (κ3) is 3.43. The lowest BCUT2D eigenvalue weighted by Gasteiger charge is -2.35. The number of nitrogens with one attached hydrogen (secondary N) is 1. The summed E-state index contributed by atoms with van der Waals surface area (Å²) in [6.07, 6.45) is 0. The van der Waals surface area contributed by atoms with E-state index < -0.39 is 10.0 Å². The number of hydrogen-bond acceptors (Lipinski definition) is 4. The van der Waals surface area contributed by atoms with E-state index in [1.165, 1.54) is 5.56 Å². The molecule has 1 aliphatic rings. The highest BCUT2D eigenvalue weighted by molar-refractivity contribution is 7.89. The second-order valence-electron chi connectivity index (χ2n) is 6.90. The van der Waals surface area contributed by atoms with Gasteiger partial charge in [-0.2, -0.15) is 9.40 Å². The van der Waals surface area contributed by atoms with E-state index in [1.54, 1.807) is 18.2 Å². The Bertz CT molecular complexity index is 813. The van der Waals surface area contributed by atoms with Crippen molar-refractivity contribution in [2.75, 3.05) is 31.1 Å². The first kappa shape index (κ1) is 17.9. The normalized spacial score (nSPS) is 16.6. The van der Waals surface area contributed by atoms with Gasteiger partial charge in [-0.05, 0) is 37.5 Å². The number of aromatic amines is 1. The van der Waals surface area contributed by atoms with E-state index in [0.717, 1.165) is 5.69 Å².